The van der Waals surface area contributed by atoms with Crippen LogP contribution in [0.2, 0.25) is 0 Å². The quantitative estimate of drug-likeness (QED) is 0.648. The molecule has 2 heterocycles. The summed E-state index contributed by atoms with van der Waals surface area (Å²) in [4.78, 5) is 34.7. The number of benzene rings is 1. The van der Waals surface area contributed by atoms with Crippen molar-refractivity contribution >= 4 is 27.5 Å². The number of nitrogens with zero attached hydrogens (tertiary/aromatic N) is 1. The van der Waals surface area contributed by atoms with Crippen LogP contribution < -0.4 is 15.6 Å². The third-order valence-electron chi connectivity index (χ3n) is 5.45. The van der Waals surface area contributed by atoms with Gasteiger partial charge in [-0.3, -0.25) is 9.59 Å². The first-order valence-corrected chi connectivity index (χ1v) is 10.8. The van der Waals surface area contributed by atoms with Crippen LogP contribution in [-0.4, -0.2) is 23.0 Å². The fourth-order valence-electron chi connectivity index (χ4n) is 3.97. The van der Waals surface area contributed by atoms with E-state index in [1.165, 1.54) is 16.9 Å². The first kappa shape index (κ1) is 19.6. The minimum absolute atomic E-state index is 0.0767. The number of amides is 1. The monoisotopic (exact) mass is 411 g/mol. The number of hydrogen-bond donors (Lipinski definition) is 2. The van der Waals surface area contributed by atoms with Crippen molar-refractivity contribution in [3.8, 4) is 5.75 Å². The summed E-state index contributed by atoms with van der Waals surface area (Å²) >= 11 is 1.63. The predicted molar refractivity (Wildman–Crippen MR) is 115 cm³/mol. The van der Waals surface area contributed by atoms with Gasteiger partial charge in [0.2, 0.25) is 5.91 Å². The summed E-state index contributed by atoms with van der Waals surface area (Å²) in [6, 6.07) is 7.47. The third-order valence-corrected chi connectivity index (χ3v) is 6.63. The first-order chi connectivity index (χ1) is 14.1. The van der Waals surface area contributed by atoms with E-state index in [4.69, 9.17) is 4.74 Å². The van der Waals surface area contributed by atoms with E-state index in [1.54, 1.807) is 18.4 Å². The molecule has 7 heteroatoms. The average Bonchev–Trinajstić information content (AvgIpc) is 3.11. The molecule has 0 radical (unpaired) electrons. The van der Waals surface area contributed by atoms with Crippen LogP contribution in [0.4, 0.5) is 0 Å². The molecule has 6 nitrogen and oxygen atoms in total. The van der Waals surface area contributed by atoms with Crippen molar-refractivity contribution in [2.45, 2.75) is 51.5 Å². The van der Waals surface area contributed by atoms with Gasteiger partial charge in [-0.25, -0.2) is 4.98 Å². The molecule has 2 aromatic heterocycles. The van der Waals surface area contributed by atoms with Gasteiger partial charge in [-0.05, 0) is 44.2 Å². The SMILES string of the molecule is COc1ccccc1C(C)NC(=O)CCc1nc2sc3c(c2c(=O)[nH]1)CCCC3. The molecule has 0 saturated carbocycles. The van der Waals surface area contributed by atoms with Crippen molar-refractivity contribution in [1.29, 1.82) is 0 Å². The van der Waals surface area contributed by atoms with Crippen molar-refractivity contribution in [2.75, 3.05) is 7.11 Å². The molecule has 1 unspecified atom stereocenters. The Morgan fingerprint density at radius 1 is 1.31 bits per heavy atom. The minimum Gasteiger partial charge on any atom is -0.496 e. The van der Waals surface area contributed by atoms with Gasteiger partial charge in [-0.2, -0.15) is 0 Å². The molecule has 4 rings (SSSR count). The molecule has 1 aliphatic carbocycles. The van der Waals surface area contributed by atoms with Crippen LogP contribution in [0.1, 0.15) is 54.1 Å². The van der Waals surface area contributed by atoms with E-state index in [-0.39, 0.29) is 23.9 Å². The molecule has 1 aromatic carbocycles. The van der Waals surface area contributed by atoms with E-state index in [0.29, 0.717) is 12.2 Å². The summed E-state index contributed by atoms with van der Waals surface area (Å²) in [5.74, 6) is 1.23. The molecule has 0 bridgehead atoms. The highest BCUT2D eigenvalue weighted by Crippen LogP contribution is 2.33. The van der Waals surface area contributed by atoms with Crippen LogP contribution in [0.15, 0.2) is 29.1 Å². The summed E-state index contributed by atoms with van der Waals surface area (Å²) in [5, 5.41) is 3.75. The lowest BCUT2D eigenvalue weighted by Crippen LogP contribution is -2.27. The molecule has 0 aliphatic heterocycles. The number of ether oxygens (including phenoxy) is 1. The summed E-state index contributed by atoms with van der Waals surface area (Å²) in [6.07, 6.45) is 4.97. The summed E-state index contributed by atoms with van der Waals surface area (Å²) in [6.45, 7) is 1.93. The van der Waals surface area contributed by atoms with Gasteiger partial charge in [0.25, 0.3) is 5.56 Å². The van der Waals surface area contributed by atoms with Gasteiger partial charge in [0.1, 0.15) is 16.4 Å². The Bertz CT molecular complexity index is 1100. The van der Waals surface area contributed by atoms with E-state index in [1.807, 2.05) is 31.2 Å². The van der Waals surface area contributed by atoms with E-state index in [9.17, 15) is 9.59 Å². The summed E-state index contributed by atoms with van der Waals surface area (Å²) in [5.41, 5.74) is 2.03. The van der Waals surface area contributed by atoms with Crippen LogP contribution in [-0.2, 0) is 24.1 Å². The standard InChI is InChI=1S/C22H25N3O3S/c1-13(14-7-3-5-9-16(14)28-2)23-19(26)12-11-18-24-21(27)20-15-8-4-6-10-17(15)29-22(20)25-18/h3,5,7,9,13H,4,6,8,10-12H2,1-2H3,(H,23,26)(H,24,25,27). The van der Waals surface area contributed by atoms with Gasteiger partial charge in [-0.1, -0.05) is 18.2 Å². The number of methoxy groups -OCH3 is 1. The van der Waals surface area contributed by atoms with Gasteiger partial charge < -0.3 is 15.0 Å². The molecule has 1 aliphatic rings. The highest BCUT2D eigenvalue weighted by atomic mass is 32.1. The maximum Gasteiger partial charge on any atom is 0.259 e. The number of thiophene rings is 1. The zero-order valence-corrected chi connectivity index (χ0v) is 17.5. The second-order valence-electron chi connectivity index (χ2n) is 7.43. The van der Waals surface area contributed by atoms with E-state index in [2.05, 4.69) is 15.3 Å². The number of H-pyrrole nitrogens is 1. The summed E-state index contributed by atoms with van der Waals surface area (Å²) in [7, 11) is 1.62. The Balaban J connectivity index is 1.44. The normalized spacial score (nSPS) is 14.4. The van der Waals surface area contributed by atoms with Crippen LogP contribution >= 0.6 is 11.3 Å². The topological polar surface area (TPSA) is 84.1 Å². The van der Waals surface area contributed by atoms with Gasteiger partial charge in [-0.15, -0.1) is 11.3 Å². The molecular weight excluding hydrogens is 386 g/mol. The smallest absolute Gasteiger partial charge is 0.259 e. The second kappa shape index (κ2) is 8.37. The number of fused-ring (bicyclic) bond motifs is 3. The molecule has 0 saturated heterocycles. The number of aromatic nitrogens is 2. The van der Waals surface area contributed by atoms with Crippen molar-refractivity contribution in [3.05, 3.63) is 56.4 Å². The van der Waals surface area contributed by atoms with Crippen molar-refractivity contribution in [3.63, 3.8) is 0 Å². The molecule has 29 heavy (non-hydrogen) atoms. The zero-order chi connectivity index (χ0) is 20.4. The number of para-hydroxylation sites is 1. The van der Waals surface area contributed by atoms with Crippen LogP contribution in [0.3, 0.4) is 0 Å². The van der Waals surface area contributed by atoms with Gasteiger partial charge in [0.15, 0.2) is 0 Å². The molecule has 152 valence electrons. The van der Waals surface area contributed by atoms with Gasteiger partial charge in [0, 0.05) is 23.3 Å². The molecule has 3 aromatic rings. The lowest BCUT2D eigenvalue weighted by atomic mass is 9.97. The number of carbonyl (C=O) groups is 1. The highest BCUT2D eigenvalue weighted by molar-refractivity contribution is 7.18. The number of aromatic amines is 1. The fraction of sp³-hybridized carbons (Fsp3) is 0.409. The largest absolute Gasteiger partial charge is 0.496 e. The van der Waals surface area contributed by atoms with E-state index >= 15 is 0 Å². The molecule has 0 spiro atoms. The maximum absolute atomic E-state index is 12.6. The number of aryl methyl sites for hydroxylation is 3. The molecule has 0 fully saturated rings. The lowest BCUT2D eigenvalue weighted by molar-refractivity contribution is -0.121. The Morgan fingerprint density at radius 2 is 2.10 bits per heavy atom. The number of rotatable bonds is 6. The maximum atomic E-state index is 12.6. The average molecular weight is 412 g/mol. The highest BCUT2D eigenvalue weighted by Gasteiger charge is 2.20. The van der Waals surface area contributed by atoms with E-state index in [0.717, 1.165) is 40.8 Å². The van der Waals surface area contributed by atoms with Gasteiger partial charge >= 0.3 is 0 Å². The molecule has 1 amide bonds. The fourth-order valence-corrected chi connectivity index (χ4v) is 5.26. The Kier molecular flexibility index (Phi) is 5.67. The van der Waals surface area contributed by atoms with Crippen LogP contribution in [0.5, 0.6) is 5.75 Å². The zero-order valence-electron chi connectivity index (χ0n) is 16.7. The Labute approximate surface area is 173 Å². The number of nitrogens with one attached hydrogen (secondary N) is 2. The third kappa shape index (κ3) is 4.05. The van der Waals surface area contributed by atoms with Crippen molar-refractivity contribution in [1.82, 2.24) is 15.3 Å². The molecule has 2 N–H and O–H groups in total. The van der Waals surface area contributed by atoms with Gasteiger partial charge in [0.05, 0.1) is 18.5 Å². The summed E-state index contributed by atoms with van der Waals surface area (Å²) < 4.78 is 5.37. The Morgan fingerprint density at radius 3 is 2.93 bits per heavy atom. The molecule has 1 atom stereocenters. The first-order valence-electron chi connectivity index (χ1n) is 10.0. The second-order valence-corrected chi connectivity index (χ2v) is 8.52. The van der Waals surface area contributed by atoms with E-state index < -0.39 is 0 Å². The predicted octanol–water partition coefficient (Wildman–Crippen LogP) is 3.68. The van der Waals surface area contributed by atoms with Crippen molar-refractivity contribution < 1.29 is 9.53 Å². The van der Waals surface area contributed by atoms with Crippen LogP contribution in [0, 0.1) is 0 Å². The molecular formula is C22H25N3O3S. The van der Waals surface area contributed by atoms with Crippen molar-refractivity contribution in [2.24, 2.45) is 0 Å². The minimum atomic E-state index is -0.169. The lowest BCUT2D eigenvalue weighted by Gasteiger charge is -2.17. The Hall–Kier alpha value is -2.67. The van der Waals surface area contributed by atoms with Crippen LogP contribution in [0.25, 0.3) is 10.2 Å². The number of carbonyl (C=O) groups excluding carboxylic acids is 1. The number of hydrogen-bond acceptors (Lipinski definition) is 5.